The maximum absolute atomic E-state index is 13.2. The fourth-order valence-electron chi connectivity index (χ4n) is 4.22. The lowest BCUT2D eigenvalue weighted by atomic mass is 10.0. The quantitative estimate of drug-likeness (QED) is 0.186. The largest absolute Gasteiger partial charge is 0.480 e. The number of nitrogens with zero attached hydrogens (tertiary/aromatic N) is 2. The van der Waals surface area contributed by atoms with Crippen molar-refractivity contribution in [1.82, 2.24) is 25.5 Å². The Morgan fingerprint density at radius 1 is 1.20 bits per heavy atom. The molecule has 1 fully saturated rings. The molecule has 35 heavy (non-hydrogen) atoms. The van der Waals surface area contributed by atoms with E-state index in [1.54, 1.807) is 6.20 Å². The molecule has 1 aliphatic rings. The Labute approximate surface area is 205 Å². The predicted molar refractivity (Wildman–Crippen MR) is 129 cm³/mol. The number of carbonyl (C=O) groups excluding carboxylic acids is 3. The Balaban J connectivity index is 2.11. The molecule has 8 N–H and O–H groups in total. The molecule has 0 saturated carbocycles. The van der Waals surface area contributed by atoms with Crippen LogP contribution in [0.25, 0.3) is 0 Å². The first kappa shape index (κ1) is 28.2. The first-order valence-electron chi connectivity index (χ1n) is 12.2. The number of carboxylic acids is 1. The van der Waals surface area contributed by atoms with E-state index in [2.05, 4.69) is 20.6 Å². The van der Waals surface area contributed by atoms with Gasteiger partial charge in [0.2, 0.25) is 17.7 Å². The van der Waals surface area contributed by atoms with Crippen molar-refractivity contribution in [2.45, 2.75) is 83.0 Å². The molecule has 0 aliphatic carbocycles. The van der Waals surface area contributed by atoms with E-state index < -0.39 is 47.9 Å². The first-order chi connectivity index (χ1) is 16.6. The molecule has 0 radical (unpaired) electrons. The van der Waals surface area contributed by atoms with Gasteiger partial charge in [-0.1, -0.05) is 13.8 Å². The Morgan fingerprint density at radius 3 is 2.51 bits per heavy atom. The zero-order chi connectivity index (χ0) is 26.0. The third-order valence-corrected chi connectivity index (χ3v) is 6.05. The van der Waals surface area contributed by atoms with E-state index in [1.807, 2.05) is 13.8 Å². The van der Waals surface area contributed by atoms with Crippen LogP contribution in [0.1, 0.15) is 58.1 Å². The van der Waals surface area contributed by atoms with Gasteiger partial charge in [-0.25, -0.2) is 9.78 Å². The lowest BCUT2D eigenvalue weighted by Gasteiger charge is -2.29. The lowest BCUT2D eigenvalue weighted by molar-refractivity contribution is -0.149. The highest BCUT2D eigenvalue weighted by atomic mass is 16.4. The second-order valence-corrected chi connectivity index (χ2v) is 9.45. The highest BCUT2D eigenvalue weighted by Gasteiger charge is 2.38. The van der Waals surface area contributed by atoms with Gasteiger partial charge in [0.15, 0.2) is 0 Å². The molecule has 12 nitrogen and oxygen atoms in total. The first-order valence-corrected chi connectivity index (χ1v) is 12.2. The fraction of sp³-hybridized carbons (Fsp3) is 0.696. The van der Waals surface area contributed by atoms with E-state index in [-0.39, 0.29) is 12.3 Å². The standard InChI is InChI=1S/C23H39N7O5/c1-14(2)10-18(22(33)30-9-5-7-19(30)23(34)35)29-21(32)17(6-3-4-8-24)28-20(31)16(25)11-15-12-26-13-27-15/h12-14,16-19H,3-11,24-25H2,1-2H3,(H,26,27)(H,28,31)(H,29,32)(H,34,35). The smallest absolute Gasteiger partial charge is 0.326 e. The Bertz CT molecular complexity index is 845. The number of aliphatic carboxylic acids is 1. The molecule has 2 heterocycles. The van der Waals surface area contributed by atoms with Gasteiger partial charge >= 0.3 is 5.97 Å². The van der Waals surface area contributed by atoms with E-state index in [9.17, 15) is 24.3 Å². The zero-order valence-corrected chi connectivity index (χ0v) is 20.5. The molecule has 3 amide bonds. The van der Waals surface area contributed by atoms with E-state index >= 15 is 0 Å². The van der Waals surface area contributed by atoms with E-state index in [4.69, 9.17) is 11.5 Å². The molecule has 0 bridgehead atoms. The number of hydrogen-bond donors (Lipinski definition) is 6. The van der Waals surface area contributed by atoms with Crippen molar-refractivity contribution in [3.05, 3.63) is 18.2 Å². The average molecular weight is 494 g/mol. The number of rotatable bonds is 14. The summed E-state index contributed by atoms with van der Waals surface area (Å²) < 4.78 is 0. The molecular weight excluding hydrogens is 454 g/mol. The summed E-state index contributed by atoms with van der Waals surface area (Å²) in [7, 11) is 0. The molecular formula is C23H39N7O5. The maximum atomic E-state index is 13.2. The molecule has 2 rings (SSSR count). The van der Waals surface area contributed by atoms with Crippen LogP contribution in [0.15, 0.2) is 12.5 Å². The SMILES string of the molecule is CC(C)CC(NC(=O)C(CCCCN)NC(=O)C(N)Cc1cnc[nH]1)C(=O)N1CCCC1C(=O)O. The van der Waals surface area contributed by atoms with Crippen molar-refractivity contribution in [3.63, 3.8) is 0 Å². The number of nitrogens with two attached hydrogens (primary N) is 2. The van der Waals surface area contributed by atoms with Gasteiger partial charge in [0.1, 0.15) is 18.1 Å². The summed E-state index contributed by atoms with van der Waals surface area (Å²) in [6.07, 6.45) is 6.21. The number of nitrogens with one attached hydrogen (secondary N) is 3. The molecule has 4 unspecified atom stereocenters. The van der Waals surface area contributed by atoms with E-state index in [0.29, 0.717) is 57.3 Å². The molecule has 0 spiro atoms. The molecule has 4 atom stereocenters. The van der Waals surface area contributed by atoms with Crippen LogP contribution in [-0.4, -0.2) is 80.9 Å². The molecule has 12 heteroatoms. The van der Waals surface area contributed by atoms with Crippen LogP contribution in [0.2, 0.25) is 0 Å². The number of carboxylic acid groups (broad SMARTS) is 1. The lowest BCUT2D eigenvalue weighted by Crippen LogP contribution is -2.57. The van der Waals surface area contributed by atoms with Gasteiger partial charge in [0, 0.05) is 24.9 Å². The number of aromatic amines is 1. The minimum atomic E-state index is -1.05. The summed E-state index contributed by atoms with van der Waals surface area (Å²) in [5, 5.41) is 15.0. The number of unbranched alkanes of at least 4 members (excludes halogenated alkanes) is 1. The van der Waals surface area contributed by atoms with Crippen molar-refractivity contribution in [2.75, 3.05) is 13.1 Å². The summed E-state index contributed by atoms with van der Waals surface area (Å²) >= 11 is 0. The van der Waals surface area contributed by atoms with Crippen LogP contribution in [0.4, 0.5) is 0 Å². The minimum Gasteiger partial charge on any atom is -0.480 e. The van der Waals surface area contributed by atoms with Crippen LogP contribution in [-0.2, 0) is 25.6 Å². The molecule has 1 saturated heterocycles. The van der Waals surface area contributed by atoms with Gasteiger partial charge in [-0.2, -0.15) is 0 Å². The highest BCUT2D eigenvalue weighted by molar-refractivity contribution is 5.94. The monoisotopic (exact) mass is 493 g/mol. The fourth-order valence-corrected chi connectivity index (χ4v) is 4.22. The average Bonchev–Trinajstić information content (AvgIpc) is 3.49. The number of aromatic nitrogens is 2. The van der Waals surface area contributed by atoms with Crippen molar-refractivity contribution >= 4 is 23.7 Å². The van der Waals surface area contributed by atoms with Gasteiger partial charge in [-0.05, 0) is 51.0 Å². The van der Waals surface area contributed by atoms with Crippen LogP contribution >= 0.6 is 0 Å². The number of hydrogen-bond acceptors (Lipinski definition) is 7. The zero-order valence-electron chi connectivity index (χ0n) is 20.5. The molecule has 196 valence electrons. The number of amides is 3. The number of likely N-dealkylation sites (tertiary alicyclic amines) is 1. The third-order valence-electron chi connectivity index (χ3n) is 6.05. The minimum absolute atomic E-state index is 0.0724. The molecule has 1 aliphatic heterocycles. The summed E-state index contributed by atoms with van der Waals surface area (Å²) in [5.41, 5.74) is 12.3. The number of H-pyrrole nitrogens is 1. The summed E-state index contributed by atoms with van der Waals surface area (Å²) in [6, 6.07) is -3.59. The summed E-state index contributed by atoms with van der Waals surface area (Å²) in [4.78, 5) is 58.9. The van der Waals surface area contributed by atoms with Gasteiger partial charge in [-0.3, -0.25) is 14.4 Å². The third kappa shape index (κ3) is 8.62. The van der Waals surface area contributed by atoms with E-state index in [0.717, 1.165) is 0 Å². The summed E-state index contributed by atoms with van der Waals surface area (Å²) in [5.74, 6) is -2.40. The second-order valence-electron chi connectivity index (χ2n) is 9.45. The van der Waals surface area contributed by atoms with Gasteiger partial charge in [0.25, 0.3) is 0 Å². The van der Waals surface area contributed by atoms with Gasteiger partial charge in [-0.15, -0.1) is 0 Å². The van der Waals surface area contributed by atoms with Crippen molar-refractivity contribution in [1.29, 1.82) is 0 Å². The Morgan fingerprint density at radius 2 is 1.91 bits per heavy atom. The van der Waals surface area contributed by atoms with Crippen molar-refractivity contribution in [3.8, 4) is 0 Å². The van der Waals surface area contributed by atoms with Gasteiger partial charge in [0.05, 0.1) is 12.4 Å². The molecule has 0 aromatic carbocycles. The highest BCUT2D eigenvalue weighted by Crippen LogP contribution is 2.20. The second kappa shape index (κ2) is 13.8. The summed E-state index contributed by atoms with van der Waals surface area (Å²) in [6.45, 7) is 4.61. The normalized spacial score (nSPS) is 18.2. The number of carbonyl (C=O) groups is 4. The van der Waals surface area contributed by atoms with Crippen LogP contribution < -0.4 is 22.1 Å². The maximum Gasteiger partial charge on any atom is 0.326 e. The topological polar surface area (TPSA) is 197 Å². The molecule has 1 aromatic heterocycles. The number of imidazole rings is 1. The Kier molecular flexibility index (Phi) is 11.1. The van der Waals surface area contributed by atoms with Crippen LogP contribution in [0.5, 0.6) is 0 Å². The predicted octanol–water partition coefficient (Wildman–Crippen LogP) is -0.500. The molecule has 1 aromatic rings. The Hall–Kier alpha value is -2.99. The van der Waals surface area contributed by atoms with Crippen molar-refractivity contribution in [2.24, 2.45) is 17.4 Å². The van der Waals surface area contributed by atoms with E-state index in [1.165, 1.54) is 11.2 Å². The van der Waals surface area contributed by atoms with Crippen molar-refractivity contribution < 1.29 is 24.3 Å². The van der Waals surface area contributed by atoms with Crippen LogP contribution in [0, 0.1) is 5.92 Å². The van der Waals surface area contributed by atoms with Gasteiger partial charge < -0.3 is 37.1 Å². The van der Waals surface area contributed by atoms with Crippen LogP contribution in [0.3, 0.4) is 0 Å².